The minimum absolute atomic E-state index is 0.0377. The van der Waals surface area contributed by atoms with Gasteiger partial charge in [0.1, 0.15) is 19.3 Å². The summed E-state index contributed by atoms with van der Waals surface area (Å²) in [5.74, 6) is -0.601. The fourth-order valence-corrected chi connectivity index (χ4v) is 9.79. The van der Waals surface area contributed by atoms with Crippen molar-refractivity contribution in [2.24, 2.45) is 0 Å². The largest absolute Gasteiger partial charge is 0.756 e. The smallest absolute Gasteiger partial charge is 0.306 e. The number of nitrogens with one attached hydrogen (secondary N) is 1. The number of quaternary nitrogens is 1. The first-order valence-electron chi connectivity index (χ1n) is 33.6. The molecule has 83 heavy (non-hydrogen) atoms. The lowest BCUT2D eigenvalue weighted by molar-refractivity contribution is -0.870. The molecule has 1 amide bonds. The van der Waals surface area contributed by atoms with Gasteiger partial charge in [-0.2, -0.15) is 0 Å². The number of phosphoric acid groups is 1. The normalized spacial score (nSPS) is 14.4. The van der Waals surface area contributed by atoms with Gasteiger partial charge in [0, 0.05) is 12.8 Å². The number of phosphoric ester groups is 1. The fourth-order valence-electron chi connectivity index (χ4n) is 9.07. The molecule has 0 rings (SSSR count). The Balaban J connectivity index is 5.20. The molecule has 10 heteroatoms. The molecule has 0 radical (unpaired) electrons. The van der Waals surface area contributed by atoms with Crippen LogP contribution in [-0.2, 0) is 27.9 Å². The molecule has 0 bridgehead atoms. The molecule has 0 aromatic heterocycles. The van der Waals surface area contributed by atoms with E-state index >= 15 is 0 Å². The van der Waals surface area contributed by atoms with E-state index in [1.54, 1.807) is 0 Å². The Morgan fingerprint density at radius 1 is 0.446 bits per heavy atom. The van der Waals surface area contributed by atoms with Crippen LogP contribution >= 0.6 is 7.82 Å². The van der Waals surface area contributed by atoms with Gasteiger partial charge < -0.3 is 28.5 Å². The maximum Gasteiger partial charge on any atom is 0.306 e. The van der Waals surface area contributed by atoms with Crippen molar-refractivity contribution in [1.82, 2.24) is 5.32 Å². The summed E-state index contributed by atoms with van der Waals surface area (Å²) >= 11 is 0. The van der Waals surface area contributed by atoms with Crippen LogP contribution < -0.4 is 10.2 Å². The molecule has 0 heterocycles. The highest BCUT2D eigenvalue weighted by molar-refractivity contribution is 7.45. The molecule has 3 unspecified atom stereocenters. The van der Waals surface area contributed by atoms with Gasteiger partial charge in [0.2, 0.25) is 5.91 Å². The van der Waals surface area contributed by atoms with E-state index in [-0.39, 0.29) is 24.9 Å². The van der Waals surface area contributed by atoms with Gasteiger partial charge in [-0.3, -0.25) is 14.2 Å². The predicted octanol–water partition coefficient (Wildman–Crippen LogP) is 20.6. The summed E-state index contributed by atoms with van der Waals surface area (Å²) in [6, 6.07) is -0.919. The summed E-state index contributed by atoms with van der Waals surface area (Å²) in [6.45, 7) is 6.63. The van der Waals surface area contributed by atoms with E-state index in [9.17, 15) is 19.0 Å². The highest BCUT2D eigenvalue weighted by Gasteiger charge is 2.27. The first-order valence-corrected chi connectivity index (χ1v) is 35.0. The fraction of sp³-hybridized carbons (Fsp3) is 0.671. The minimum atomic E-state index is -4.72. The maximum atomic E-state index is 13.6. The minimum Gasteiger partial charge on any atom is -0.756 e. The van der Waals surface area contributed by atoms with Crippen molar-refractivity contribution in [2.75, 3.05) is 40.9 Å². The van der Waals surface area contributed by atoms with Gasteiger partial charge in [-0.15, -0.1) is 0 Å². The Hall–Kier alpha value is -3.85. The van der Waals surface area contributed by atoms with Crippen molar-refractivity contribution in [2.45, 2.75) is 277 Å². The number of nitrogens with zero attached hydrogens (tertiary/aromatic N) is 1. The van der Waals surface area contributed by atoms with Gasteiger partial charge in [0.25, 0.3) is 7.82 Å². The van der Waals surface area contributed by atoms with Crippen LogP contribution in [0.1, 0.15) is 265 Å². The number of esters is 1. The summed E-state index contributed by atoms with van der Waals surface area (Å²) in [6.07, 6.45) is 87.1. The molecular weight excluding hydrogens is 1050 g/mol. The molecule has 474 valence electrons. The second kappa shape index (κ2) is 61.2. The first-order chi connectivity index (χ1) is 40.4. The zero-order chi connectivity index (χ0) is 60.7. The topological polar surface area (TPSA) is 114 Å². The second-order valence-electron chi connectivity index (χ2n) is 23.4. The Kier molecular flexibility index (Phi) is 58.4. The zero-order valence-electron chi connectivity index (χ0n) is 54.1. The first kappa shape index (κ1) is 79.2. The third-order valence-electron chi connectivity index (χ3n) is 14.2. The second-order valence-corrected chi connectivity index (χ2v) is 24.8. The van der Waals surface area contributed by atoms with E-state index in [0.717, 1.165) is 96.3 Å². The van der Waals surface area contributed by atoms with Gasteiger partial charge in [0.05, 0.1) is 33.8 Å². The average molecular weight is 1170 g/mol. The highest BCUT2D eigenvalue weighted by Crippen LogP contribution is 2.38. The number of allylic oxidation sites excluding steroid dienone is 21. The van der Waals surface area contributed by atoms with E-state index in [1.165, 1.54) is 128 Å². The third-order valence-corrected chi connectivity index (χ3v) is 15.2. The molecule has 9 nitrogen and oxygen atoms in total. The molecule has 0 spiro atoms. The van der Waals surface area contributed by atoms with Crippen molar-refractivity contribution in [3.8, 4) is 0 Å². The van der Waals surface area contributed by atoms with Crippen LogP contribution in [0.25, 0.3) is 0 Å². The molecule has 0 saturated heterocycles. The van der Waals surface area contributed by atoms with Gasteiger partial charge in [-0.25, -0.2) is 0 Å². The van der Waals surface area contributed by atoms with E-state index in [4.69, 9.17) is 13.8 Å². The van der Waals surface area contributed by atoms with Gasteiger partial charge in [0.15, 0.2) is 0 Å². The summed E-state index contributed by atoms with van der Waals surface area (Å²) in [7, 11) is 1.14. The van der Waals surface area contributed by atoms with E-state index in [0.29, 0.717) is 23.9 Å². The lowest BCUT2D eigenvalue weighted by Crippen LogP contribution is -2.47. The van der Waals surface area contributed by atoms with Crippen LogP contribution in [0.3, 0.4) is 0 Å². The van der Waals surface area contributed by atoms with Crippen molar-refractivity contribution >= 4 is 19.7 Å². The van der Waals surface area contributed by atoms with Crippen LogP contribution in [0.4, 0.5) is 0 Å². The number of likely N-dealkylation sites (N-methyl/N-ethyl adjacent to an activating group) is 1. The van der Waals surface area contributed by atoms with E-state index in [2.05, 4.69) is 86.8 Å². The highest BCUT2D eigenvalue weighted by atomic mass is 31.2. The number of hydrogen-bond acceptors (Lipinski definition) is 7. The van der Waals surface area contributed by atoms with Crippen molar-refractivity contribution in [1.29, 1.82) is 0 Å². The monoisotopic (exact) mass is 1170 g/mol. The number of unbranched alkanes of at least 4 members (excludes halogenated alkanes) is 28. The van der Waals surface area contributed by atoms with Crippen molar-refractivity contribution in [3.05, 3.63) is 134 Å². The lowest BCUT2D eigenvalue weighted by Gasteiger charge is -2.30. The van der Waals surface area contributed by atoms with Gasteiger partial charge in [-0.1, -0.05) is 290 Å². The van der Waals surface area contributed by atoms with Crippen molar-refractivity contribution < 1.29 is 37.3 Å². The Labute approximate surface area is 511 Å². The van der Waals surface area contributed by atoms with Gasteiger partial charge in [-0.05, 0) is 96.0 Å². The summed E-state index contributed by atoms with van der Waals surface area (Å²) in [4.78, 5) is 40.1. The Morgan fingerprint density at radius 3 is 1.30 bits per heavy atom. The molecule has 0 aliphatic rings. The van der Waals surface area contributed by atoms with E-state index in [1.807, 2.05) is 94.1 Å². The predicted molar refractivity (Wildman–Crippen MR) is 357 cm³/mol. The molecule has 0 aliphatic heterocycles. The number of hydrogen-bond donors (Lipinski definition) is 1. The quantitative estimate of drug-likeness (QED) is 0.0161. The standard InChI is InChI=1S/C73H125N2O7P/c1-7-10-13-16-19-22-25-28-30-32-33-34-35-36-37-38-39-40-41-43-44-47-50-53-56-59-62-65-72(76)74-70(69-81-83(78,79)80-68-67-75(4,5)6)71(64-61-58-55-52-49-46-27-24-21-18-15-12-9-3)82-73(77)66-63-60-57-54-51-48-45-42-31-29-26-23-20-17-14-11-8-2/h11,14,17,19-20,22-23,26,28-31,33-34,36-37,42,45,48,51,61,64,70-71H,7-10,12-13,15-16,18,21,24-25,27,32,35,38-41,43-44,46-47,49-50,52-60,62-63,65-69H2,1-6H3,(H-,74,76,78,79)/b14-11-,20-17+,22-19-,26-23+,30-28-,31-29-,34-33-,37-36-,45-42+,51-48+,64-61-. The van der Waals surface area contributed by atoms with Crippen LogP contribution in [0, 0.1) is 0 Å². The zero-order valence-corrected chi connectivity index (χ0v) is 55.0. The lowest BCUT2D eigenvalue weighted by atomic mass is 10.0. The SMILES string of the molecule is CC\C=C/C=C/C=C/C=C\C=C\C=C\CCCCCC(=O)OC(/C=C\CCCCCCCCCCCCC)C(COP(=O)([O-])OCC[N+](C)(C)C)NC(=O)CCCCCCCCCCCCC/C=C\C/C=C\C/C=C\C/C=C\CCCCC. The van der Waals surface area contributed by atoms with Crippen LogP contribution in [0.5, 0.6) is 0 Å². The van der Waals surface area contributed by atoms with Crippen LogP contribution in [-0.4, -0.2) is 69.4 Å². The summed E-state index contributed by atoms with van der Waals surface area (Å²) in [5.41, 5.74) is 0. The Morgan fingerprint density at radius 2 is 0.819 bits per heavy atom. The van der Waals surface area contributed by atoms with Gasteiger partial charge >= 0.3 is 5.97 Å². The van der Waals surface area contributed by atoms with Crippen LogP contribution in [0.15, 0.2) is 134 Å². The van der Waals surface area contributed by atoms with E-state index < -0.39 is 26.6 Å². The number of carbonyl (C=O) groups is 2. The molecular formula is C73H125N2O7P. The van der Waals surface area contributed by atoms with Crippen molar-refractivity contribution in [3.63, 3.8) is 0 Å². The van der Waals surface area contributed by atoms with Crippen LogP contribution in [0.2, 0.25) is 0 Å². The summed E-state index contributed by atoms with van der Waals surface area (Å²) < 4.78 is 30.3. The molecule has 0 fully saturated rings. The number of ether oxygens (including phenoxy) is 1. The molecule has 1 N–H and O–H groups in total. The summed E-state index contributed by atoms with van der Waals surface area (Å²) in [5, 5.41) is 3.02. The molecule has 0 aromatic rings. The number of rotatable bonds is 59. The Bertz CT molecular complexity index is 1880. The average Bonchev–Trinajstić information content (AvgIpc) is 3.47. The molecule has 0 saturated carbocycles. The molecule has 0 aromatic carbocycles. The number of amides is 1. The molecule has 0 aliphatic carbocycles. The molecule has 3 atom stereocenters. The number of carbonyl (C=O) groups excluding carboxylic acids is 2. The maximum absolute atomic E-state index is 13.6. The third kappa shape index (κ3) is 62.5.